The van der Waals surface area contributed by atoms with Crippen molar-refractivity contribution in [1.82, 2.24) is 0 Å². The van der Waals surface area contributed by atoms with Gasteiger partial charge < -0.3 is 14.2 Å². The molecule has 1 aliphatic rings. The van der Waals surface area contributed by atoms with E-state index in [0.29, 0.717) is 32.7 Å². The highest BCUT2D eigenvalue weighted by Gasteiger charge is 2.26. The summed E-state index contributed by atoms with van der Waals surface area (Å²) in [5.74, 6) is 0.754. The molecule has 2 aromatic rings. The summed E-state index contributed by atoms with van der Waals surface area (Å²) >= 11 is 12.0. The van der Waals surface area contributed by atoms with Gasteiger partial charge in [0.1, 0.15) is 11.5 Å². The van der Waals surface area contributed by atoms with Crippen molar-refractivity contribution < 1.29 is 19.0 Å². The largest absolute Gasteiger partial charge is 0.497 e. The van der Waals surface area contributed by atoms with Crippen molar-refractivity contribution >= 4 is 41.1 Å². The number of carbonyl (C=O) groups is 1. The first-order valence-electron chi connectivity index (χ1n) is 7.22. The van der Waals surface area contributed by atoms with Crippen molar-refractivity contribution in [2.24, 2.45) is 4.99 Å². The molecule has 2 aromatic carbocycles. The van der Waals surface area contributed by atoms with Gasteiger partial charge in [-0.15, -0.1) is 0 Å². The molecule has 25 heavy (non-hydrogen) atoms. The van der Waals surface area contributed by atoms with Crippen LogP contribution in [-0.2, 0) is 9.53 Å². The lowest BCUT2D eigenvalue weighted by Gasteiger charge is -2.07. The molecule has 5 nitrogen and oxygen atoms in total. The molecule has 0 bridgehead atoms. The number of hydrogen-bond acceptors (Lipinski definition) is 5. The number of methoxy groups -OCH3 is 2. The minimum atomic E-state index is -0.578. The van der Waals surface area contributed by atoms with Gasteiger partial charge in [-0.25, -0.2) is 9.79 Å². The highest BCUT2D eigenvalue weighted by molar-refractivity contribution is 6.37. The number of rotatable bonds is 4. The highest BCUT2D eigenvalue weighted by Crippen LogP contribution is 2.29. The van der Waals surface area contributed by atoms with Crippen molar-refractivity contribution in [3.05, 3.63) is 63.3 Å². The Balaban J connectivity index is 2.01. The van der Waals surface area contributed by atoms with Crippen LogP contribution in [0.4, 0.5) is 0 Å². The molecule has 1 aliphatic heterocycles. The third-order valence-electron chi connectivity index (χ3n) is 3.51. The zero-order valence-electron chi connectivity index (χ0n) is 13.4. The topological polar surface area (TPSA) is 57.1 Å². The van der Waals surface area contributed by atoms with Crippen LogP contribution >= 0.6 is 23.2 Å². The quantitative estimate of drug-likeness (QED) is 0.586. The van der Waals surface area contributed by atoms with Crippen LogP contribution in [0.5, 0.6) is 11.5 Å². The van der Waals surface area contributed by atoms with Gasteiger partial charge in [0, 0.05) is 10.6 Å². The van der Waals surface area contributed by atoms with Crippen LogP contribution in [-0.4, -0.2) is 26.1 Å². The molecule has 7 heteroatoms. The summed E-state index contributed by atoms with van der Waals surface area (Å²) < 4.78 is 15.7. The van der Waals surface area contributed by atoms with E-state index in [0.717, 1.165) is 0 Å². The number of halogens is 2. The highest BCUT2D eigenvalue weighted by atomic mass is 35.5. The molecule has 0 radical (unpaired) electrons. The molecule has 0 amide bonds. The Bertz CT molecular complexity index is 906. The van der Waals surface area contributed by atoms with E-state index < -0.39 is 5.97 Å². The van der Waals surface area contributed by atoms with Crippen LogP contribution < -0.4 is 9.47 Å². The molecule has 0 unspecified atom stereocenters. The lowest BCUT2D eigenvalue weighted by atomic mass is 10.1. The summed E-state index contributed by atoms with van der Waals surface area (Å²) in [6, 6.07) is 10.1. The van der Waals surface area contributed by atoms with Gasteiger partial charge in [0.2, 0.25) is 5.90 Å². The zero-order valence-corrected chi connectivity index (χ0v) is 14.9. The molecule has 0 N–H and O–H groups in total. The standard InChI is InChI=1S/C18H13Cl2NO4/c1-23-12-4-6-16(24-2)10(7-12)8-15-18(22)25-17(21-15)13-5-3-11(19)9-14(13)20/h3-9H,1-2H3/b15-8+. The lowest BCUT2D eigenvalue weighted by molar-refractivity contribution is -0.129. The zero-order chi connectivity index (χ0) is 18.0. The van der Waals surface area contributed by atoms with Crippen LogP contribution in [0.3, 0.4) is 0 Å². The second-order valence-electron chi connectivity index (χ2n) is 5.07. The van der Waals surface area contributed by atoms with Crippen LogP contribution in [0.15, 0.2) is 47.1 Å². The van der Waals surface area contributed by atoms with E-state index in [1.54, 1.807) is 56.7 Å². The summed E-state index contributed by atoms with van der Waals surface area (Å²) in [5.41, 5.74) is 1.26. The molecule has 3 rings (SSSR count). The van der Waals surface area contributed by atoms with Crippen molar-refractivity contribution in [2.75, 3.05) is 14.2 Å². The Morgan fingerprint density at radius 3 is 2.56 bits per heavy atom. The van der Waals surface area contributed by atoms with Crippen molar-refractivity contribution in [1.29, 1.82) is 0 Å². The Morgan fingerprint density at radius 1 is 1.08 bits per heavy atom. The maximum atomic E-state index is 12.1. The fourth-order valence-corrected chi connectivity index (χ4v) is 2.78. The summed E-state index contributed by atoms with van der Waals surface area (Å²) in [7, 11) is 3.10. The lowest BCUT2D eigenvalue weighted by Crippen LogP contribution is -2.06. The van der Waals surface area contributed by atoms with Gasteiger partial charge in [0.05, 0.1) is 24.8 Å². The molecule has 0 spiro atoms. The number of nitrogens with zero attached hydrogens (tertiary/aromatic N) is 1. The number of cyclic esters (lactones) is 1. The van der Waals surface area contributed by atoms with Crippen LogP contribution in [0.25, 0.3) is 6.08 Å². The predicted molar refractivity (Wildman–Crippen MR) is 96.6 cm³/mol. The maximum Gasteiger partial charge on any atom is 0.363 e. The average molecular weight is 378 g/mol. The number of hydrogen-bond donors (Lipinski definition) is 0. The van der Waals surface area contributed by atoms with Gasteiger partial charge >= 0.3 is 5.97 Å². The number of aliphatic imine (C=N–C) groups is 1. The van der Waals surface area contributed by atoms with Gasteiger partial charge in [-0.2, -0.15) is 0 Å². The number of esters is 1. The van der Waals surface area contributed by atoms with Crippen molar-refractivity contribution in [2.45, 2.75) is 0 Å². The third-order valence-corrected chi connectivity index (χ3v) is 4.06. The van der Waals surface area contributed by atoms with Crippen LogP contribution in [0.1, 0.15) is 11.1 Å². The van der Waals surface area contributed by atoms with E-state index in [2.05, 4.69) is 4.99 Å². The second kappa shape index (κ2) is 7.17. The molecule has 0 saturated carbocycles. The van der Waals surface area contributed by atoms with Gasteiger partial charge in [0.15, 0.2) is 5.70 Å². The minimum Gasteiger partial charge on any atom is -0.497 e. The van der Waals surface area contributed by atoms with E-state index in [1.165, 1.54) is 0 Å². The minimum absolute atomic E-state index is 0.125. The van der Waals surface area contributed by atoms with Gasteiger partial charge in [-0.1, -0.05) is 23.2 Å². The van der Waals surface area contributed by atoms with Crippen molar-refractivity contribution in [3.8, 4) is 11.5 Å². The first-order chi connectivity index (χ1) is 12.0. The van der Waals surface area contributed by atoms with Crippen LogP contribution in [0, 0.1) is 0 Å². The molecule has 1 heterocycles. The SMILES string of the molecule is COc1ccc(OC)c(/C=C2/N=C(c3ccc(Cl)cc3Cl)OC2=O)c1. The molecule has 128 valence electrons. The third kappa shape index (κ3) is 3.62. The molecule has 0 fully saturated rings. The Kier molecular flexibility index (Phi) is 4.97. The second-order valence-corrected chi connectivity index (χ2v) is 5.91. The summed E-state index contributed by atoms with van der Waals surface area (Å²) in [6.45, 7) is 0. The van der Waals surface area contributed by atoms with E-state index in [-0.39, 0.29) is 11.6 Å². The summed E-state index contributed by atoms with van der Waals surface area (Å²) in [4.78, 5) is 16.4. The maximum absolute atomic E-state index is 12.1. The molecular formula is C18H13Cl2NO4. The molecule has 0 aromatic heterocycles. The number of ether oxygens (including phenoxy) is 3. The first-order valence-corrected chi connectivity index (χ1v) is 7.97. The summed E-state index contributed by atoms with van der Waals surface area (Å²) in [6.07, 6.45) is 1.57. The Hall–Kier alpha value is -2.50. The average Bonchev–Trinajstić information content (AvgIpc) is 2.95. The van der Waals surface area contributed by atoms with E-state index >= 15 is 0 Å². The van der Waals surface area contributed by atoms with E-state index in [4.69, 9.17) is 37.4 Å². The fraction of sp³-hybridized carbons (Fsp3) is 0.111. The smallest absolute Gasteiger partial charge is 0.363 e. The number of benzene rings is 2. The van der Waals surface area contributed by atoms with Gasteiger partial charge in [-0.05, 0) is 42.5 Å². The monoisotopic (exact) mass is 377 g/mol. The van der Waals surface area contributed by atoms with Gasteiger partial charge in [0.25, 0.3) is 0 Å². The van der Waals surface area contributed by atoms with Gasteiger partial charge in [-0.3, -0.25) is 0 Å². The first kappa shape index (κ1) is 17.3. The molecule has 0 atom stereocenters. The van der Waals surface area contributed by atoms with E-state index in [9.17, 15) is 4.79 Å². The normalized spacial score (nSPS) is 15.1. The number of carbonyl (C=O) groups excluding carboxylic acids is 1. The Labute approximate surface area is 154 Å². The molecule has 0 saturated heterocycles. The summed E-state index contributed by atoms with van der Waals surface area (Å²) in [5, 5.41) is 0.829. The predicted octanol–water partition coefficient (Wildman–Crippen LogP) is 4.36. The molecular weight excluding hydrogens is 365 g/mol. The van der Waals surface area contributed by atoms with Crippen molar-refractivity contribution in [3.63, 3.8) is 0 Å². The fourth-order valence-electron chi connectivity index (χ4n) is 2.29. The molecule has 0 aliphatic carbocycles. The van der Waals surface area contributed by atoms with Crippen LogP contribution in [0.2, 0.25) is 10.0 Å². The Morgan fingerprint density at radius 2 is 1.88 bits per heavy atom. The van der Waals surface area contributed by atoms with E-state index in [1.807, 2.05) is 0 Å².